The van der Waals surface area contributed by atoms with Crippen molar-refractivity contribution in [2.24, 2.45) is 0 Å². The van der Waals surface area contributed by atoms with Gasteiger partial charge >= 0.3 is 0 Å². The van der Waals surface area contributed by atoms with Gasteiger partial charge in [0.25, 0.3) is 10.0 Å². The molecule has 32 heavy (non-hydrogen) atoms. The zero-order chi connectivity index (χ0) is 23.2. The number of aromatic nitrogens is 3. The fraction of sp³-hybridized carbons (Fsp3) is 0.391. The van der Waals surface area contributed by atoms with Crippen molar-refractivity contribution in [2.75, 3.05) is 4.72 Å². The van der Waals surface area contributed by atoms with Crippen molar-refractivity contribution in [3.8, 4) is 11.4 Å². The molecule has 6 nitrogen and oxygen atoms in total. The third-order valence-electron chi connectivity index (χ3n) is 6.22. The van der Waals surface area contributed by atoms with Crippen LogP contribution in [0.15, 0.2) is 23.1 Å². The van der Waals surface area contributed by atoms with Crippen LogP contribution < -0.4 is 4.72 Å². The van der Waals surface area contributed by atoms with E-state index in [4.69, 9.17) is 0 Å². The van der Waals surface area contributed by atoms with Crippen molar-refractivity contribution in [3.05, 3.63) is 57.9 Å². The van der Waals surface area contributed by atoms with Gasteiger partial charge in [-0.05, 0) is 68.9 Å². The number of sulfonamides is 1. The van der Waals surface area contributed by atoms with E-state index in [1.807, 2.05) is 24.5 Å². The van der Waals surface area contributed by atoms with E-state index in [0.717, 1.165) is 48.7 Å². The van der Waals surface area contributed by atoms with Crippen molar-refractivity contribution < 1.29 is 17.2 Å². The van der Waals surface area contributed by atoms with E-state index < -0.39 is 21.7 Å². The van der Waals surface area contributed by atoms with Gasteiger partial charge in [-0.1, -0.05) is 12.5 Å². The molecule has 0 saturated carbocycles. The number of benzene rings is 2. The van der Waals surface area contributed by atoms with Crippen LogP contribution in [0.5, 0.6) is 0 Å². The lowest BCUT2D eigenvalue weighted by Crippen LogP contribution is -2.18. The molecule has 1 aliphatic heterocycles. The van der Waals surface area contributed by atoms with Gasteiger partial charge in [-0.2, -0.15) is 0 Å². The molecule has 0 aliphatic carbocycles. The number of aryl methyl sites for hydroxylation is 3. The third kappa shape index (κ3) is 3.90. The van der Waals surface area contributed by atoms with Gasteiger partial charge in [0.05, 0.1) is 16.1 Å². The van der Waals surface area contributed by atoms with E-state index in [2.05, 4.69) is 14.9 Å². The lowest BCUT2D eigenvalue weighted by molar-refractivity contribution is 0.581. The van der Waals surface area contributed by atoms with Crippen molar-refractivity contribution in [1.29, 1.82) is 0 Å². The minimum atomic E-state index is -4.12. The summed E-state index contributed by atoms with van der Waals surface area (Å²) < 4.78 is 60.1. The molecule has 0 fully saturated rings. The molecule has 170 valence electrons. The van der Waals surface area contributed by atoms with Gasteiger partial charge in [0.15, 0.2) is 5.82 Å². The van der Waals surface area contributed by atoms with Crippen LogP contribution in [0.25, 0.3) is 11.4 Å². The van der Waals surface area contributed by atoms with Crippen molar-refractivity contribution in [1.82, 2.24) is 14.8 Å². The maximum absolute atomic E-state index is 14.8. The summed E-state index contributed by atoms with van der Waals surface area (Å²) in [5.41, 5.74) is 2.50. The number of hydrogen-bond acceptors (Lipinski definition) is 4. The van der Waals surface area contributed by atoms with Crippen molar-refractivity contribution >= 4 is 15.7 Å². The highest BCUT2D eigenvalue weighted by Crippen LogP contribution is 2.32. The topological polar surface area (TPSA) is 76.9 Å². The third-order valence-corrected chi connectivity index (χ3v) is 7.86. The molecule has 0 bridgehead atoms. The molecular weight excluding hydrogens is 434 g/mol. The Hall–Kier alpha value is -2.81. The van der Waals surface area contributed by atoms with Gasteiger partial charge in [-0.25, -0.2) is 17.2 Å². The van der Waals surface area contributed by atoms with E-state index in [-0.39, 0.29) is 22.0 Å². The SMILES string of the molecule is Cc1cc(C)c(C)c(S(=O)(=O)Nc2cc(-c3nnc4n3CCCCC4)c(F)cc2F)c1C. The number of nitrogens with one attached hydrogen (secondary N) is 1. The summed E-state index contributed by atoms with van der Waals surface area (Å²) >= 11 is 0. The first-order valence-corrected chi connectivity index (χ1v) is 12.1. The molecule has 4 rings (SSSR count). The van der Waals surface area contributed by atoms with Crippen LogP contribution in [0.2, 0.25) is 0 Å². The summed E-state index contributed by atoms with van der Waals surface area (Å²) in [6, 6.07) is 3.77. The van der Waals surface area contributed by atoms with E-state index in [1.54, 1.807) is 13.8 Å². The quantitative estimate of drug-likeness (QED) is 0.595. The molecular formula is C23H26F2N4O2S. The van der Waals surface area contributed by atoms with Crippen LogP contribution in [-0.4, -0.2) is 23.2 Å². The van der Waals surface area contributed by atoms with Gasteiger partial charge in [0, 0.05) is 19.0 Å². The Bertz CT molecular complexity index is 1290. The predicted octanol–water partition coefficient (Wildman–Crippen LogP) is 4.98. The molecule has 0 radical (unpaired) electrons. The minimum absolute atomic E-state index is 0.0126. The molecule has 0 spiro atoms. The largest absolute Gasteiger partial charge is 0.311 e. The molecule has 2 heterocycles. The highest BCUT2D eigenvalue weighted by molar-refractivity contribution is 7.92. The lowest BCUT2D eigenvalue weighted by Gasteiger charge is -2.17. The van der Waals surface area contributed by atoms with Gasteiger partial charge < -0.3 is 4.57 Å². The Morgan fingerprint density at radius 3 is 2.28 bits per heavy atom. The monoisotopic (exact) mass is 460 g/mol. The molecule has 0 atom stereocenters. The Morgan fingerprint density at radius 2 is 1.59 bits per heavy atom. The van der Waals surface area contributed by atoms with Crippen LogP contribution in [-0.2, 0) is 23.0 Å². The molecule has 1 aliphatic rings. The molecule has 0 amide bonds. The first-order chi connectivity index (χ1) is 15.1. The van der Waals surface area contributed by atoms with E-state index in [0.29, 0.717) is 23.7 Å². The van der Waals surface area contributed by atoms with Crippen LogP contribution in [0, 0.1) is 39.3 Å². The second-order valence-corrected chi connectivity index (χ2v) is 10.0. The summed E-state index contributed by atoms with van der Waals surface area (Å²) in [5.74, 6) is -0.780. The molecule has 1 N–H and O–H groups in total. The number of fused-ring (bicyclic) bond motifs is 1. The average Bonchev–Trinajstić information content (AvgIpc) is 2.96. The smallest absolute Gasteiger partial charge is 0.262 e. The summed E-state index contributed by atoms with van der Waals surface area (Å²) in [5, 5.41) is 8.29. The zero-order valence-electron chi connectivity index (χ0n) is 18.6. The zero-order valence-corrected chi connectivity index (χ0v) is 19.4. The Balaban J connectivity index is 1.80. The maximum Gasteiger partial charge on any atom is 0.262 e. The first kappa shape index (κ1) is 22.4. The Kier molecular flexibility index (Phi) is 5.79. The van der Waals surface area contributed by atoms with Crippen LogP contribution in [0.3, 0.4) is 0 Å². The highest BCUT2D eigenvalue weighted by atomic mass is 32.2. The fourth-order valence-electron chi connectivity index (χ4n) is 4.26. The van der Waals surface area contributed by atoms with Gasteiger partial charge in [-0.3, -0.25) is 4.72 Å². The van der Waals surface area contributed by atoms with Gasteiger partial charge in [0.1, 0.15) is 17.5 Å². The summed E-state index contributed by atoms with van der Waals surface area (Å²) in [4.78, 5) is 0.108. The number of nitrogens with zero attached hydrogens (tertiary/aromatic N) is 3. The molecule has 0 saturated heterocycles. The minimum Gasteiger partial charge on any atom is -0.311 e. The molecule has 2 aromatic carbocycles. The number of halogens is 2. The van der Waals surface area contributed by atoms with E-state index >= 15 is 0 Å². The van der Waals surface area contributed by atoms with Crippen LogP contribution in [0.1, 0.15) is 47.3 Å². The average molecular weight is 461 g/mol. The van der Waals surface area contributed by atoms with Gasteiger partial charge in [-0.15, -0.1) is 10.2 Å². The number of hydrogen-bond donors (Lipinski definition) is 1. The molecule has 3 aromatic rings. The molecule has 9 heteroatoms. The second kappa shape index (κ2) is 8.27. The Morgan fingerprint density at radius 1 is 0.906 bits per heavy atom. The normalized spacial score (nSPS) is 14.2. The van der Waals surface area contributed by atoms with Crippen molar-refractivity contribution in [3.63, 3.8) is 0 Å². The molecule has 0 unspecified atom stereocenters. The van der Waals surface area contributed by atoms with Crippen molar-refractivity contribution in [2.45, 2.75) is 64.8 Å². The number of anilines is 1. The van der Waals surface area contributed by atoms with Crippen LogP contribution >= 0.6 is 0 Å². The van der Waals surface area contributed by atoms with E-state index in [9.17, 15) is 17.2 Å². The lowest BCUT2D eigenvalue weighted by atomic mass is 10.0. The first-order valence-electron chi connectivity index (χ1n) is 10.6. The number of rotatable bonds is 4. The van der Waals surface area contributed by atoms with Crippen LogP contribution in [0.4, 0.5) is 14.5 Å². The Labute approximate surface area is 186 Å². The fourth-order valence-corrected chi connectivity index (χ4v) is 5.94. The predicted molar refractivity (Wildman–Crippen MR) is 119 cm³/mol. The highest BCUT2D eigenvalue weighted by Gasteiger charge is 2.26. The molecule has 1 aromatic heterocycles. The maximum atomic E-state index is 14.8. The second-order valence-electron chi connectivity index (χ2n) is 8.41. The summed E-state index contributed by atoms with van der Waals surface area (Å²) in [6.07, 6.45) is 3.66. The summed E-state index contributed by atoms with van der Waals surface area (Å²) in [6.45, 7) is 7.72. The van der Waals surface area contributed by atoms with Gasteiger partial charge in [0.2, 0.25) is 0 Å². The van der Waals surface area contributed by atoms with E-state index in [1.165, 1.54) is 0 Å². The summed E-state index contributed by atoms with van der Waals surface area (Å²) in [7, 11) is -4.12. The standard InChI is InChI=1S/C23H26F2N4O2S/c1-13-10-14(2)16(4)22(15(13)3)32(30,31)28-20-11-17(18(24)12-19(20)25)23-27-26-21-8-6-5-7-9-29(21)23/h10-12,28H,5-9H2,1-4H3.